The van der Waals surface area contributed by atoms with Crippen LogP contribution in [0.2, 0.25) is 10.0 Å². The Morgan fingerprint density at radius 2 is 1.88 bits per heavy atom. The monoisotopic (exact) mass is 258 g/mol. The third kappa shape index (κ3) is 2.91. The highest BCUT2D eigenvalue weighted by Crippen LogP contribution is 2.29. The summed E-state index contributed by atoms with van der Waals surface area (Å²) in [4.78, 5) is 0. The predicted octanol–water partition coefficient (Wildman–Crippen LogP) is 4.09. The van der Waals surface area contributed by atoms with Crippen molar-refractivity contribution in [2.75, 3.05) is 0 Å². The maximum Gasteiger partial charge on any atom is 0.0595 e. The van der Waals surface area contributed by atoms with E-state index in [0.29, 0.717) is 16.0 Å². The molecule has 0 aromatic heterocycles. The van der Waals surface area contributed by atoms with Crippen LogP contribution < -0.4 is 0 Å². The zero-order chi connectivity index (χ0) is 11.5. The number of rotatable bonds is 2. The molecule has 1 aliphatic rings. The zero-order valence-electron chi connectivity index (χ0n) is 9.13. The molecule has 0 aliphatic heterocycles. The van der Waals surface area contributed by atoms with Gasteiger partial charge in [-0.25, -0.2) is 0 Å². The summed E-state index contributed by atoms with van der Waals surface area (Å²) < 4.78 is 0. The first-order valence-corrected chi connectivity index (χ1v) is 6.54. The van der Waals surface area contributed by atoms with Crippen molar-refractivity contribution in [1.29, 1.82) is 0 Å². The Hall–Kier alpha value is -0.240. The fourth-order valence-corrected chi connectivity index (χ4v) is 2.72. The summed E-state index contributed by atoms with van der Waals surface area (Å²) in [6.07, 6.45) is 5.18. The van der Waals surface area contributed by atoms with Gasteiger partial charge < -0.3 is 5.11 Å². The average molecular weight is 259 g/mol. The van der Waals surface area contributed by atoms with Crippen LogP contribution in [0.25, 0.3) is 0 Å². The number of aliphatic hydroxyl groups is 1. The van der Waals surface area contributed by atoms with Gasteiger partial charge in [-0.1, -0.05) is 42.1 Å². The molecule has 0 bridgehead atoms. The van der Waals surface area contributed by atoms with Gasteiger partial charge in [0.1, 0.15) is 0 Å². The molecule has 2 rings (SSSR count). The lowest BCUT2D eigenvalue weighted by atomic mass is 9.82. The second-order valence-corrected chi connectivity index (χ2v) is 5.38. The van der Waals surface area contributed by atoms with Gasteiger partial charge in [0.2, 0.25) is 0 Å². The molecule has 0 radical (unpaired) electrons. The third-order valence-electron chi connectivity index (χ3n) is 3.35. The van der Waals surface area contributed by atoms with Crippen LogP contribution >= 0.6 is 23.2 Å². The zero-order valence-corrected chi connectivity index (χ0v) is 10.6. The van der Waals surface area contributed by atoms with E-state index in [2.05, 4.69) is 0 Å². The molecule has 1 aliphatic carbocycles. The van der Waals surface area contributed by atoms with E-state index >= 15 is 0 Å². The van der Waals surface area contributed by atoms with Gasteiger partial charge in [0.15, 0.2) is 0 Å². The predicted molar refractivity (Wildman–Crippen MR) is 68.1 cm³/mol. The standard InChI is InChI=1S/C13H16Cl2O/c14-11-6-5-9(8-12(11)15)7-10-3-1-2-4-13(10)16/h5-6,8,10,13,16H,1-4,7H2. The Balaban J connectivity index is 2.05. The molecule has 1 fully saturated rings. The van der Waals surface area contributed by atoms with Crippen LogP contribution in [0, 0.1) is 5.92 Å². The molecule has 1 N–H and O–H groups in total. The quantitative estimate of drug-likeness (QED) is 0.848. The van der Waals surface area contributed by atoms with E-state index in [1.807, 2.05) is 18.2 Å². The smallest absolute Gasteiger partial charge is 0.0595 e. The van der Waals surface area contributed by atoms with Crippen molar-refractivity contribution in [2.24, 2.45) is 5.92 Å². The highest BCUT2D eigenvalue weighted by Gasteiger charge is 2.23. The first kappa shape index (κ1) is 12.2. The second-order valence-electron chi connectivity index (χ2n) is 4.56. The molecule has 0 saturated heterocycles. The van der Waals surface area contributed by atoms with Crippen molar-refractivity contribution >= 4 is 23.2 Å². The molecule has 0 heterocycles. The van der Waals surface area contributed by atoms with Crippen LogP contribution in [-0.4, -0.2) is 11.2 Å². The lowest BCUT2D eigenvalue weighted by molar-refractivity contribution is 0.0700. The van der Waals surface area contributed by atoms with Gasteiger partial charge in [-0.3, -0.25) is 0 Å². The molecule has 2 atom stereocenters. The van der Waals surface area contributed by atoms with E-state index in [4.69, 9.17) is 23.2 Å². The van der Waals surface area contributed by atoms with Crippen LogP contribution in [0.5, 0.6) is 0 Å². The molecule has 3 heteroatoms. The molecule has 0 amide bonds. The lowest BCUT2D eigenvalue weighted by Crippen LogP contribution is -2.26. The number of hydrogen-bond acceptors (Lipinski definition) is 1. The van der Waals surface area contributed by atoms with Gasteiger partial charge >= 0.3 is 0 Å². The van der Waals surface area contributed by atoms with E-state index in [-0.39, 0.29) is 6.10 Å². The number of halogens is 2. The van der Waals surface area contributed by atoms with Gasteiger partial charge in [0, 0.05) is 0 Å². The van der Waals surface area contributed by atoms with Crippen LogP contribution in [-0.2, 0) is 6.42 Å². The summed E-state index contributed by atoms with van der Waals surface area (Å²) in [6.45, 7) is 0. The maximum atomic E-state index is 9.90. The van der Waals surface area contributed by atoms with Gasteiger partial charge in [-0.15, -0.1) is 0 Å². The normalized spacial score (nSPS) is 25.7. The second kappa shape index (κ2) is 5.39. The highest BCUT2D eigenvalue weighted by molar-refractivity contribution is 6.42. The minimum Gasteiger partial charge on any atom is -0.393 e. The first-order chi connectivity index (χ1) is 7.66. The minimum absolute atomic E-state index is 0.150. The van der Waals surface area contributed by atoms with Gasteiger partial charge in [-0.2, -0.15) is 0 Å². The largest absolute Gasteiger partial charge is 0.393 e. The van der Waals surface area contributed by atoms with Crippen LogP contribution in [0.1, 0.15) is 31.2 Å². The summed E-state index contributed by atoms with van der Waals surface area (Å²) in [7, 11) is 0. The van der Waals surface area contributed by atoms with Crippen molar-refractivity contribution in [1.82, 2.24) is 0 Å². The summed E-state index contributed by atoms with van der Waals surface area (Å²) in [5.74, 6) is 0.381. The fraction of sp³-hybridized carbons (Fsp3) is 0.538. The molecular weight excluding hydrogens is 243 g/mol. The molecule has 0 spiro atoms. The average Bonchev–Trinajstić information content (AvgIpc) is 2.27. The Kier molecular flexibility index (Phi) is 4.12. The Labute approximate surface area is 106 Å². The molecular formula is C13H16Cl2O. The van der Waals surface area contributed by atoms with Crippen LogP contribution in [0.15, 0.2) is 18.2 Å². The van der Waals surface area contributed by atoms with E-state index in [1.165, 1.54) is 12.0 Å². The topological polar surface area (TPSA) is 20.2 Å². The van der Waals surface area contributed by atoms with Crippen LogP contribution in [0.3, 0.4) is 0 Å². The van der Waals surface area contributed by atoms with Crippen molar-refractivity contribution in [3.63, 3.8) is 0 Å². The highest BCUT2D eigenvalue weighted by atomic mass is 35.5. The molecule has 1 aromatic carbocycles. The Morgan fingerprint density at radius 3 is 2.56 bits per heavy atom. The molecule has 2 unspecified atom stereocenters. The van der Waals surface area contributed by atoms with E-state index < -0.39 is 0 Å². The van der Waals surface area contributed by atoms with Crippen LogP contribution in [0.4, 0.5) is 0 Å². The molecule has 1 saturated carbocycles. The molecule has 16 heavy (non-hydrogen) atoms. The first-order valence-electron chi connectivity index (χ1n) is 5.79. The van der Waals surface area contributed by atoms with Crippen molar-refractivity contribution in [3.05, 3.63) is 33.8 Å². The van der Waals surface area contributed by atoms with Gasteiger partial charge in [-0.05, 0) is 42.9 Å². The minimum atomic E-state index is -0.150. The Bertz CT molecular complexity index is 365. The summed E-state index contributed by atoms with van der Waals surface area (Å²) >= 11 is 11.8. The van der Waals surface area contributed by atoms with Gasteiger partial charge in [0.05, 0.1) is 16.1 Å². The summed E-state index contributed by atoms with van der Waals surface area (Å²) in [5.41, 5.74) is 1.17. The van der Waals surface area contributed by atoms with Crippen molar-refractivity contribution in [2.45, 2.75) is 38.2 Å². The summed E-state index contributed by atoms with van der Waals surface area (Å²) in [5, 5.41) is 11.1. The van der Waals surface area contributed by atoms with E-state index in [1.54, 1.807) is 0 Å². The van der Waals surface area contributed by atoms with Crippen molar-refractivity contribution < 1.29 is 5.11 Å². The third-order valence-corrected chi connectivity index (χ3v) is 4.09. The molecule has 1 aromatic rings. The van der Waals surface area contributed by atoms with E-state index in [9.17, 15) is 5.11 Å². The SMILES string of the molecule is OC1CCCCC1Cc1ccc(Cl)c(Cl)c1. The number of benzene rings is 1. The molecule has 1 nitrogen and oxygen atoms in total. The summed E-state index contributed by atoms with van der Waals surface area (Å²) in [6, 6.07) is 5.73. The van der Waals surface area contributed by atoms with Crippen molar-refractivity contribution in [3.8, 4) is 0 Å². The van der Waals surface area contributed by atoms with E-state index in [0.717, 1.165) is 25.7 Å². The lowest BCUT2D eigenvalue weighted by Gasteiger charge is -2.27. The molecule has 88 valence electrons. The number of hydrogen-bond donors (Lipinski definition) is 1. The fourth-order valence-electron chi connectivity index (χ4n) is 2.40. The Morgan fingerprint density at radius 1 is 1.12 bits per heavy atom. The number of aliphatic hydroxyl groups excluding tert-OH is 1. The maximum absolute atomic E-state index is 9.90. The van der Waals surface area contributed by atoms with Gasteiger partial charge in [0.25, 0.3) is 0 Å².